The van der Waals surface area contributed by atoms with Gasteiger partial charge in [0.25, 0.3) is 0 Å². The third-order valence-corrected chi connectivity index (χ3v) is 16.5. The van der Waals surface area contributed by atoms with Crippen molar-refractivity contribution in [3.05, 3.63) is 116 Å². The third kappa shape index (κ3) is 2.65. The van der Waals surface area contributed by atoms with Crippen molar-refractivity contribution in [3.63, 3.8) is 0 Å². The molecule has 0 radical (unpaired) electrons. The maximum absolute atomic E-state index is 3.97. The van der Waals surface area contributed by atoms with E-state index in [0.717, 1.165) is 47.3 Å². The van der Waals surface area contributed by atoms with Gasteiger partial charge in [-0.15, -0.1) is 0 Å². The van der Waals surface area contributed by atoms with Gasteiger partial charge in [0.05, 0.1) is 5.41 Å². The average molecular weight is 648 g/mol. The van der Waals surface area contributed by atoms with Gasteiger partial charge in [0.2, 0.25) is 0 Å². The van der Waals surface area contributed by atoms with Gasteiger partial charge in [-0.3, -0.25) is 0 Å². The minimum atomic E-state index is -0.225. The van der Waals surface area contributed by atoms with Crippen LogP contribution in [0, 0.1) is 29.1 Å². The topological polar surface area (TPSA) is 0 Å². The molecule has 0 aliphatic heterocycles. The Morgan fingerprint density at radius 3 is 1.71 bits per heavy atom. The van der Waals surface area contributed by atoms with Crippen LogP contribution in [0.4, 0.5) is 0 Å². The van der Waals surface area contributed by atoms with Crippen LogP contribution in [0.25, 0.3) is 22.3 Å². The molecule has 45 heavy (non-hydrogen) atoms. The van der Waals surface area contributed by atoms with E-state index in [1.807, 2.05) is 0 Å². The second kappa shape index (κ2) is 7.73. The largest absolute Gasteiger partial charge is 0.0726 e. The highest BCUT2D eigenvalue weighted by molar-refractivity contribution is 9.10. The van der Waals surface area contributed by atoms with Crippen molar-refractivity contribution in [2.45, 2.75) is 93.3 Å². The van der Waals surface area contributed by atoms with E-state index >= 15 is 0 Å². The average Bonchev–Trinajstić information content (AvgIpc) is 3.64. The van der Waals surface area contributed by atoms with Crippen LogP contribution in [0.15, 0.2) is 71.2 Å². The molecule has 0 amide bonds. The first kappa shape index (κ1) is 24.5. The van der Waals surface area contributed by atoms with E-state index in [0.29, 0.717) is 5.41 Å². The van der Waals surface area contributed by atoms with Crippen LogP contribution < -0.4 is 0 Å². The molecule has 0 aromatic heterocycles. The summed E-state index contributed by atoms with van der Waals surface area (Å²) < 4.78 is 1.21. The highest BCUT2D eigenvalue weighted by atomic mass is 79.9. The zero-order chi connectivity index (χ0) is 29.0. The fourth-order valence-electron chi connectivity index (χ4n) is 14.7. The first-order valence-corrected chi connectivity index (χ1v) is 19.1. The molecular weight excluding hydrogens is 608 g/mol. The van der Waals surface area contributed by atoms with E-state index in [2.05, 4.69) is 82.7 Å². The summed E-state index contributed by atoms with van der Waals surface area (Å²) in [6.45, 7) is 0. The molecule has 0 nitrogen and oxygen atoms in total. The summed E-state index contributed by atoms with van der Waals surface area (Å²) in [4.78, 5) is 0. The molecule has 222 valence electrons. The molecule has 0 N–H and O–H groups in total. The molecule has 8 unspecified atom stereocenters. The molecule has 0 heterocycles. The summed E-state index contributed by atoms with van der Waals surface area (Å²) in [5.41, 5.74) is 19.8. The van der Waals surface area contributed by atoms with E-state index in [4.69, 9.17) is 0 Å². The van der Waals surface area contributed by atoms with Gasteiger partial charge in [0.15, 0.2) is 0 Å². The Balaban J connectivity index is 1.16. The molecule has 4 aromatic carbocycles. The fourth-order valence-corrected chi connectivity index (χ4v) is 15.1. The molecule has 7 bridgehead atoms. The quantitative estimate of drug-likeness (QED) is 0.154. The van der Waals surface area contributed by atoms with Crippen LogP contribution in [-0.4, -0.2) is 0 Å². The molecule has 5 saturated carbocycles. The zero-order valence-electron chi connectivity index (χ0n) is 25.9. The van der Waals surface area contributed by atoms with Gasteiger partial charge in [-0.2, -0.15) is 0 Å². The van der Waals surface area contributed by atoms with Gasteiger partial charge in [-0.25, -0.2) is 0 Å². The minimum Gasteiger partial charge on any atom is -0.0619 e. The monoisotopic (exact) mass is 646 g/mol. The molecule has 1 heteroatoms. The number of hydrogen-bond donors (Lipinski definition) is 0. The lowest BCUT2D eigenvalue weighted by molar-refractivity contribution is 0.00322. The van der Waals surface area contributed by atoms with Crippen molar-refractivity contribution in [1.29, 1.82) is 0 Å². The first-order chi connectivity index (χ1) is 22.1. The Hall–Kier alpha value is -2.64. The van der Waals surface area contributed by atoms with Crippen LogP contribution in [-0.2, 0) is 5.41 Å². The lowest BCUT2D eigenvalue weighted by Gasteiger charge is -2.48. The Bertz CT molecular complexity index is 2050. The predicted octanol–water partition coefficient (Wildman–Crippen LogP) is 11.6. The van der Waals surface area contributed by atoms with Crippen LogP contribution in [0.5, 0.6) is 0 Å². The molecule has 0 saturated heterocycles. The van der Waals surface area contributed by atoms with Crippen LogP contribution >= 0.6 is 15.9 Å². The van der Waals surface area contributed by atoms with Gasteiger partial charge in [-0.05, 0) is 196 Å². The van der Waals surface area contributed by atoms with Gasteiger partial charge in [0, 0.05) is 4.47 Å². The smallest absolute Gasteiger partial charge is 0.0619 e. The second-order valence-electron chi connectivity index (χ2n) is 17.5. The Morgan fingerprint density at radius 1 is 0.467 bits per heavy atom. The van der Waals surface area contributed by atoms with E-state index in [1.54, 1.807) is 44.5 Å². The number of fused-ring (bicyclic) bond motifs is 15. The van der Waals surface area contributed by atoms with Crippen molar-refractivity contribution in [1.82, 2.24) is 0 Å². The Kier molecular flexibility index (Phi) is 4.21. The summed E-state index contributed by atoms with van der Waals surface area (Å²) >= 11 is 3.97. The van der Waals surface area contributed by atoms with Crippen molar-refractivity contribution >= 4 is 15.9 Å². The highest BCUT2D eigenvalue weighted by Crippen LogP contribution is 2.77. The van der Waals surface area contributed by atoms with E-state index in [9.17, 15) is 0 Å². The maximum Gasteiger partial charge on any atom is 0.0726 e. The SMILES string of the molecule is Brc1ccc2c(c1)C1(c3ccccc3-2)c2cc3c(cc2-c2cc4c(cc21)C1CC2CC5CC4CC52C1)C1CC2CC(C1)CC3C2. The van der Waals surface area contributed by atoms with E-state index < -0.39 is 0 Å². The standard InChI is InChI=1S/C44H39Br/c45-30-5-6-32-31-3-1-2-4-39(31)44(40(32)15-30)41-18-35-25-10-22-7-23(11-25)9-24(8-22)33(35)16-37(41)38-17-34-26-12-28-14-29-13-27(21-43(28,29)20-26)36(34)19-42(38)44/h1-6,15-19,22-29H,7-14,20-21H2. The highest BCUT2D eigenvalue weighted by Gasteiger charge is 2.66. The summed E-state index contributed by atoms with van der Waals surface area (Å²) in [6.07, 6.45) is 14.6. The van der Waals surface area contributed by atoms with Crippen LogP contribution in [0.2, 0.25) is 0 Å². The molecule has 14 rings (SSSR count). The lowest BCUT2D eigenvalue weighted by Crippen LogP contribution is -2.41. The van der Waals surface area contributed by atoms with Crippen molar-refractivity contribution in [2.75, 3.05) is 0 Å². The molecular formula is C44H39Br. The van der Waals surface area contributed by atoms with Crippen LogP contribution in [0.1, 0.15) is 132 Å². The van der Waals surface area contributed by atoms with Crippen molar-refractivity contribution in [2.24, 2.45) is 29.1 Å². The van der Waals surface area contributed by atoms with Gasteiger partial charge in [-0.1, -0.05) is 70.5 Å². The number of hydrogen-bond acceptors (Lipinski definition) is 0. The fraction of sp³-hybridized carbons (Fsp3) is 0.455. The van der Waals surface area contributed by atoms with E-state index in [-0.39, 0.29) is 5.41 Å². The Labute approximate surface area is 275 Å². The van der Waals surface area contributed by atoms with Crippen molar-refractivity contribution in [3.8, 4) is 22.3 Å². The normalized spacial score (nSPS) is 40.3. The lowest BCUT2D eigenvalue weighted by atomic mass is 9.56. The summed E-state index contributed by atoms with van der Waals surface area (Å²) in [5, 5.41) is 0. The molecule has 10 aliphatic rings. The zero-order valence-corrected chi connectivity index (χ0v) is 27.5. The molecule has 10 aliphatic carbocycles. The third-order valence-electron chi connectivity index (χ3n) is 16.0. The van der Waals surface area contributed by atoms with Gasteiger partial charge < -0.3 is 0 Å². The van der Waals surface area contributed by atoms with Gasteiger partial charge >= 0.3 is 0 Å². The number of rotatable bonds is 0. The van der Waals surface area contributed by atoms with Gasteiger partial charge in [0.1, 0.15) is 0 Å². The molecule has 2 spiro atoms. The predicted molar refractivity (Wildman–Crippen MR) is 184 cm³/mol. The maximum atomic E-state index is 3.97. The first-order valence-electron chi connectivity index (χ1n) is 18.4. The molecule has 4 aromatic rings. The second-order valence-corrected chi connectivity index (χ2v) is 18.4. The molecule has 8 atom stereocenters. The number of halogens is 1. The van der Waals surface area contributed by atoms with Crippen molar-refractivity contribution < 1.29 is 0 Å². The number of benzene rings is 4. The Morgan fingerprint density at radius 2 is 1.02 bits per heavy atom. The van der Waals surface area contributed by atoms with Crippen LogP contribution in [0.3, 0.4) is 0 Å². The molecule has 5 fully saturated rings. The minimum absolute atomic E-state index is 0.225. The van der Waals surface area contributed by atoms with E-state index in [1.165, 1.54) is 90.9 Å². The summed E-state index contributed by atoms with van der Waals surface area (Å²) in [6, 6.07) is 27.9. The summed E-state index contributed by atoms with van der Waals surface area (Å²) in [7, 11) is 0. The summed E-state index contributed by atoms with van der Waals surface area (Å²) in [5.74, 6) is 7.02.